The maximum atomic E-state index is 5.66. The van der Waals surface area contributed by atoms with Crippen molar-refractivity contribution in [3.63, 3.8) is 0 Å². The number of hydrogen-bond acceptors (Lipinski definition) is 4. The van der Waals surface area contributed by atoms with Gasteiger partial charge in [0.15, 0.2) is 0 Å². The van der Waals surface area contributed by atoms with Crippen LogP contribution in [-0.4, -0.2) is 26.4 Å². The Morgan fingerprint density at radius 2 is 1.84 bits per heavy atom. The minimum Gasteiger partial charge on any atom is -0.462 e. The van der Waals surface area contributed by atoms with E-state index in [0.29, 0.717) is 25.7 Å². The molecule has 110 valence electrons. The molecule has 4 nitrogen and oxygen atoms in total. The molecule has 0 bridgehead atoms. The molecule has 0 amide bonds. The van der Waals surface area contributed by atoms with Crippen LogP contribution in [0.1, 0.15) is 38.7 Å². The van der Waals surface area contributed by atoms with Crippen LogP contribution in [0.3, 0.4) is 0 Å². The Balaban J connectivity index is 2.09. The van der Waals surface area contributed by atoms with Gasteiger partial charge in [-0.3, -0.25) is 0 Å². The molecule has 1 aromatic heterocycles. The SMILES string of the molecule is CCCOCCOCc1ccc(CNCC(C)C)o1. The minimum atomic E-state index is 0.514. The highest BCUT2D eigenvalue weighted by Gasteiger charge is 2.02. The Hall–Kier alpha value is -0.840. The molecule has 1 heterocycles. The van der Waals surface area contributed by atoms with Crippen molar-refractivity contribution in [2.24, 2.45) is 5.92 Å². The van der Waals surface area contributed by atoms with Crippen molar-refractivity contribution in [3.05, 3.63) is 23.7 Å². The number of furan rings is 1. The van der Waals surface area contributed by atoms with Crippen LogP contribution in [0, 0.1) is 5.92 Å². The molecule has 1 N–H and O–H groups in total. The van der Waals surface area contributed by atoms with Crippen LogP contribution in [0.5, 0.6) is 0 Å². The molecule has 0 atom stereocenters. The molecule has 0 aliphatic rings. The van der Waals surface area contributed by atoms with Gasteiger partial charge < -0.3 is 19.2 Å². The molecule has 0 saturated heterocycles. The van der Waals surface area contributed by atoms with E-state index in [1.165, 1.54) is 0 Å². The molecule has 0 aliphatic heterocycles. The molecular formula is C15H27NO3. The molecular weight excluding hydrogens is 242 g/mol. The van der Waals surface area contributed by atoms with Gasteiger partial charge >= 0.3 is 0 Å². The average Bonchev–Trinajstić information content (AvgIpc) is 2.81. The molecule has 0 radical (unpaired) electrons. The lowest BCUT2D eigenvalue weighted by Gasteiger charge is -2.05. The van der Waals surface area contributed by atoms with E-state index in [9.17, 15) is 0 Å². The summed E-state index contributed by atoms with van der Waals surface area (Å²) >= 11 is 0. The predicted molar refractivity (Wildman–Crippen MR) is 76.0 cm³/mol. The molecule has 0 unspecified atom stereocenters. The summed E-state index contributed by atoms with van der Waals surface area (Å²) in [5, 5.41) is 3.35. The van der Waals surface area contributed by atoms with Gasteiger partial charge in [0.1, 0.15) is 18.1 Å². The maximum absolute atomic E-state index is 5.66. The van der Waals surface area contributed by atoms with Crippen molar-refractivity contribution in [1.82, 2.24) is 5.32 Å². The first-order valence-electron chi connectivity index (χ1n) is 7.16. The van der Waals surface area contributed by atoms with Gasteiger partial charge in [-0.2, -0.15) is 0 Å². The van der Waals surface area contributed by atoms with E-state index in [1.54, 1.807) is 0 Å². The molecule has 0 spiro atoms. The van der Waals surface area contributed by atoms with E-state index >= 15 is 0 Å². The maximum Gasteiger partial charge on any atom is 0.129 e. The lowest BCUT2D eigenvalue weighted by atomic mass is 10.2. The summed E-state index contributed by atoms with van der Waals surface area (Å²) in [5.74, 6) is 2.49. The first-order chi connectivity index (χ1) is 9.22. The zero-order valence-electron chi connectivity index (χ0n) is 12.4. The zero-order chi connectivity index (χ0) is 13.9. The minimum absolute atomic E-state index is 0.514. The van der Waals surface area contributed by atoms with E-state index < -0.39 is 0 Å². The van der Waals surface area contributed by atoms with Crippen LogP contribution in [0.15, 0.2) is 16.5 Å². The van der Waals surface area contributed by atoms with Gasteiger partial charge in [0.2, 0.25) is 0 Å². The highest BCUT2D eigenvalue weighted by Crippen LogP contribution is 2.09. The Kier molecular flexibility index (Phi) is 8.54. The molecule has 19 heavy (non-hydrogen) atoms. The van der Waals surface area contributed by atoms with Crippen LogP contribution in [0.2, 0.25) is 0 Å². The second-order valence-electron chi connectivity index (χ2n) is 5.06. The Morgan fingerprint density at radius 1 is 1.11 bits per heavy atom. The summed E-state index contributed by atoms with van der Waals surface area (Å²) in [6.45, 7) is 10.8. The standard InChI is InChI=1S/C15H27NO3/c1-4-7-17-8-9-18-12-15-6-5-14(19-15)11-16-10-13(2)3/h5-6,13,16H,4,7-12H2,1-3H3. The van der Waals surface area contributed by atoms with Crippen molar-refractivity contribution in [2.45, 2.75) is 40.3 Å². The second kappa shape index (κ2) is 10.0. The topological polar surface area (TPSA) is 43.6 Å². The van der Waals surface area contributed by atoms with Gasteiger partial charge in [0, 0.05) is 6.61 Å². The molecule has 0 saturated carbocycles. The van der Waals surface area contributed by atoms with Crippen LogP contribution in [-0.2, 0) is 22.6 Å². The highest BCUT2D eigenvalue weighted by atomic mass is 16.5. The van der Waals surface area contributed by atoms with Crippen LogP contribution in [0.25, 0.3) is 0 Å². The van der Waals surface area contributed by atoms with E-state index in [1.807, 2.05) is 12.1 Å². The average molecular weight is 269 g/mol. The third-order valence-electron chi connectivity index (χ3n) is 2.53. The molecule has 0 aliphatic carbocycles. The quantitative estimate of drug-likeness (QED) is 0.627. The summed E-state index contributed by atoms with van der Waals surface area (Å²) in [4.78, 5) is 0. The second-order valence-corrected chi connectivity index (χ2v) is 5.06. The van der Waals surface area contributed by atoms with Crippen LogP contribution >= 0.6 is 0 Å². The number of nitrogens with one attached hydrogen (secondary N) is 1. The molecule has 1 rings (SSSR count). The van der Waals surface area contributed by atoms with Crippen molar-refractivity contribution < 1.29 is 13.9 Å². The third kappa shape index (κ3) is 8.03. The fourth-order valence-corrected chi connectivity index (χ4v) is 1.62. The Morgan fingerprint density at radius 3 is 2.58 bits per heavy atom. The fraction of sp³-hybridized carbons (Fsp3) is 0.733. The van der Waals surface area contributed by atoms with E-state index in [-0.39, 0.29) is 0 Å². The molecule has 0 aromatic carbocycles. The normalized spacial score (nSPS) is 11.4. The molecule has 1 aromatic rings. The van der Waals surface area contributed by atoms with Gasteiger partial charge in [-0.15, -0.1) is 0 Å². The lowest BCUT2D eigenvalue weighted by Crippen LogP contribution is -2.18. The van der Waals surface area contributed by atoms with E-state index in [4.69, 9.17) is 13.9 Å². The van der Waals surface area contributed by atoms with Gasteiger partial charge in [-0.1, -0.05) is 20.8 Å². The van der Waals surface area contributed by atoms with Gasteiger partial charge in [0.05, 0.1) is 19.8 Å². The van der Waals surface area contributed by atoms with Crippen molar-refractivity contribution in [1.29, 1.82) is 0 Å². The molecule has 4 heteroatoms. The summed E-state index contributed by atoms with van der Waals surface area (Å²) in [7, 11) is 0. The summed E-state index contributed by atoms with van der Waals surface area (Å²) in [6, 6.07) is 3.97. The van der Waals surface area contributed by atoms with E-state index in [2.05, 4.69) is 26.1 Å². The number of ether oxygens (including phenoxy) is 2. The predicted octanol–water partition coefficient (Wildman–Crippen LogP) is 2.97. The summed E-state index contributed by atoms with van der Waals surface area (Å²) in [5.41, 5.74) is 0. The van der Waals surface area contributed by atoms with Gasteiger partial charge in [-0.05, 0) is 31.0 Å². The van der Waals surface area contributed by atoms with Gasteiger partial charge in [0.25, 0.3) is 0 Å². The van der Waals surface area contributed by atoms with Crippen LogP contribution < -0.4 is 5.32 Å². The Bertz CT molecular complexity index is 323. The lowest BCUT2D eigenvalue weighted by molar-refractivity contribution is 0.0347. The van der Waals surface area contributed by atoms with Crippen molar-refractivity contribution in [2.75, 3.05) is 26.4 Å². The van der Waals surface area contributed by atoms with Gasteiger partial charge in [-0.25, -0.2) is 0 Å². The first kappa shape index (κ1) is 16.2. The fourth-order valence-electron chi connectivity index (χ4n) is 1.62. The number of rotatable bonds is 11. The smallest absolute Gasteiger partial charge is 0.129 e. The van der Waals surface area contributed by atoms with Crippen molar-refractivity contribution in [3.8, 4) is 0 Å². The molecule has 0 fully saturated rings. The number of hydrogen-bond donors (Lipinski definition) is 1. The summed E-state index contributed by atoms with van der Waals surface area (Å²) < 4.78 is 16.5. The highest BCUT2D eigenvalue weighted by molar-refractivity contribution is 5.06. The largest absolute Gasteiger partial charge is 0.462 e. The third-order valence-corrected chi connectivity index (χ3v) is 2.53. The summed E-state index contributed by atoms with van der Waals surface area (Å²) in [6.07, 6.45) is 1.05. The zero-order valence-corrected chi connectivity index (χ0v) is 12.4. The van der Waals surface area contributed by atoms with Crippen molar-refractivity contribution >= 4 is 0 Å². The Labute approximate surface area is 116 Å². The van der Waals surface area contributed by atoms with E-state index in [0.717, 1.165) is 37.6 Å². The monoisotopic (exact) mass is 269 g/mol. The first-order valence-corrected chi connectivity index (χ1v) is 7.16. The van der Waals surface area contributed by atoms with Crippen LogP contribution in [0.4, 0.5) is 0 Å².